The lowest BCUT2D eigenvalue weighted by atomic mass is 10.1. The van der Waals surface area contributed by atoms with Crippen LogP contribution in [0.4, 0.5) is 0 Å². The molecule has 0 spiro atoms. The Morgan fingerprint density at radius 3 is 2.32 bits per heavy atom. The molecule has 0 bridgehead atoms. The number of hydrogen-bond acceptors (Lipinski definition) is 4. The molecule has 2 rings (SSSR count). The molecular weight excluding hydrogens is 358 g/mol. The number of benzene rings is 1. The van der Waals surface area contributed by atoms with Gasteiger partial charge in [-0.2, -0.15) is 4.31 Å². The van der Waals surface area contributed by atoms with E-state index in [2.05, 4.69) is 17.1 Å². The molecular formula is C18H24ClN3O2S. The Labute approximate surface area is 155 Å². The van der Waals surface area contributed by atoms with Crippen LogP contribution in [0.3, 0.4) is 0 Å². The van der Waals surface area contributed by atoms with Gasteiger partial charge in [0.2, 0.25) is 10.0 Å². The fourth-order valence-corrected chi connectivity index (χ4v) is 3.96. The van der Waals surface area contributed by atoms with E-state index in [9.17, 15) is 8.42 Å². The summed E-state index contributed by atoms with van der Waals surface area (Å²) in [6, 6.07) is 13.1. The summed E-state index contributed by atoms with van der Waals surface area (Å²) >= 11 is 5.77. The van der Waals surface area contributed by atoms with Gasteiger partial charge < -0.3 is 4.90 Å². The number of nitrogens with zero attached hydrogens (tertiary/aromatic N) is 3. The molecule has 2 aromatic rings. The van der Waals surface area contributed by atoms with Gasteiger partial charge in [0.05, 0.1) is 0 Å². The third-order valence-corrected chi connectivity index (χ3v) is 5.96. The Balaban J connectivity index is 2.09. The summed E-state index contributed by atoms with van der Waals surface area (Å²) in [6.07, 6.45) is 2.92. The van der Waals surface area contributed by atoms with Crippen molar-refractivity contribution in [3.63, 3.8) is 0 Å². The minimum atomic E-state index is -3.58. The molecule has 5 nitrogen and oxygen atoms in total. The predicted molar refractivity (Wildman–Crippen MR) is 101 cm³/mol. The molecule has 1 aromatic carbocycles. The second-order valence-electron chi connectivity index (χ2n) is 6.11. The van der Waals surface area contributed by atoms with Crippen LogP contribution in [-0.2, 0) is 16.4 Å². The molecule has 25 heavy (non-hydrogen) atoms. The topological polar surface area (TPSA) is 53.5 Å². The van der Waals surface area contributed by atoms with E-state index >= 15 is 0 Å². The van der Waals surface area contributed by atoms with Crippen LogP contribution >= 0.6 is 11.6 Å². The van der Waals surface area contributed by atoms with E-state index in [0.29, 0.717) is 19.6 Å². The highest BCUT2D eigenvalue weighted by molar-refractivity contribution is 7.89. The van der Waals surface area contributed by atoms with Gasteiger partial charge in [0.1, 0.15) is 10.0 Å². The van der Waals surface area contributed by atoms with E-state index in [0.717, 1.165) is 12.8 Å². The van der Waals surface area contributed by atoms with Gasteiger partial charge in [0, 0.05) is 25.8 Å². The number of likely N-dealkylation sites (N-methyl/N-ethyl adjacent to an activating group) is 1. The van der Waals surface area contributed by atoms with Gasteiger partial charge in [-0.15, -0.1) is 0 Å². The molecule has 1 heterocycles. The van der Waals surface area contributed by atoms with Crippen molar-refractivity contribution in [3.8, 4) is 0 Å². The third kappa shape index (κ3) is 6.08. The molecule has 0 saturated carbocycles. The summed E-state index contributed by atoms with van der Waals surface area (Å²) in [5.41, 5.74) is 1.21. The lowest BCUT2D eigenvalue weighted by Crippen LogP contribution is -2.37. The molecule has 0 aliphatic carbocycles. The summed E-state index contributed by atoms with van der Waals surface area (Å²) in [4.78, 5) is 6.05. The normalized spacial score (nSPS) is 12.0. The molecule has 0 saturated heterocycles. The number of aryl methyl sites for hydroxylation is 1. The minimum absolute atomic E-state index is 0.176. The Bertz CT molecular complexity index is 750. The molecule has 1 aromatic heterocycles. The van der Waals surface area contributed by atoms with Crippen molar-refractivity contribution in [1.82, 2.24) is 14.2 Å². The number of halogens is 1. The van der Waals surface area contributed by atoms with E-state index in [1.165, 1.54) is 28.2 Å². The van der Waals surface area contributed by atoms with Crippen LogP contribution in [0.25, 0.3) is 0 Å². The molecule has 0 amide bonds. The average molecular weight is 382 g/mol. The SMILES string of the molecule is CN(C)CCN(CCCc1ccccc1)S(=O)(=O)c1ccc(Cl)nc1. The van der Waals surface area contributed by atoms with Crippen molar-refractivity contribution in [2.75, 3.05) is 33.7 Å². The Kier molecular flexibility index (Phi) is 7.38. The maximum atomic E-state index is 12.9. The van der Waals surface area contributed by atoms with E-state index in [-0.39, 0.29) is 10.0 Å². The number of rotatable bonds is 9. The fourth-order valence-electron chi connectivity index (χ4n) is 2.43. The van der Waals surface area contributed by atoms with Gasteiger partial charge in [0.25, 0.3) is 0 Å². The summed E-state index contributed by atoms with van der Waals surface area (Å²) in [7, 11) is 0.276. The smallest absolute Gasteiger partial charge is 0.244 e. The first-order valence-electron chi connectivity index (χ1n) is 8.20. The third-order valence-electron chi connectivity index (χ3n) is 3.85. The van der Waals surface area contributed by atoms with E-state index < -0.39 is 10.0 Å². The van der Waals surface area contributed by atoms with Crippen molar-refractivity contribution in [2.45, 2.75) is 17.7 Å². The van der Waals surface area contributed by atoms with E-state index in [4.69, 9.17) is 11.6 Å². The van der Waals surface area contributed by atoms with Gasteiger partial charge in [-0.1, -0.05) is 41.9 Å². The summed E-state index contributed by atoms with van der Waals surface area (Å²) in [5.74, 6) is 0. The van der Waals surface area contributed by atoms with Crippen molar-refractivity contribution < 1.29 is 8.42 Å². The van der Waals surface area contributed by atoms with Crippen LogP contribution in [0.1, 0.15) is 12.0 Å². The largest absolute Gasteiger partial charge is 0.308 e. The highest BCUT2D eigenvalue weighted by Gasteiger charge is 2.24. The number of hydrogen-bond donors (Lipinski definition) is 0. The molecule has 0 unspecified atom stereocenters. The van der Waals surface area contributed by atoms with Crippen LogP contribution < -0.4 is 0 Å². The van der Waals surface area contributed by atoms with E-state index in [1.54, 1.807) is 0 Å². The van der Waals surface area contributed by atoms with Crippen LogP contribution in [0, 0.1) is 0 Å². The monoisotopic (exact) mass is 381 g/mol. The molecule has 0 N–H and O–H groups in total. The summed E-state index contributed by atoms with van der Waals surface area (Å²) < 4.78 is 27.4. The number of sulfonamides is 1. The Hall–Kier alpha value is -1.47. The molecule has 7 heteroatoms. The maximum Gasteiger partial charge on any atom is 0.244 e. The molecule has 0 radical (unpaired) electrons. The maximum absolute atomic E-state index is 12.9. The van der Waals surface area contributed by atoms with E-state index in [1.807, 2.05) is 37.2 Å². The molecule has 0 fully saturated rings. The zero-order chi connectivity index (χ0) is 18.3. The van der Waals surface area contributed by atoms with Gasteiger partial charge in [-0.3, -0.25) is 0 Å². The summed E-state index contributed by atoms with van der Waals surface area (Å²) in [6.45, 7) is 1.56. The predicted octanol–water partition coefficient (Wildman–Crippen LogP) is 2.92. The van der Waals surface area contributed by atoms with Gasteiger partial charge in [0.15, 0.2) is 0 Å². The van der Waals surface area contributed by atoms with Gasteiger partial charge in [-0.05, 0) is 44.6 Å². The van der Waals surface area contributed by atoms with Crippen molar-refractivity contribution >= 4 is 21.6 Å². The lowest BCUT2D eigenvalue weighted by molar-refractivity contribution is 0.330. The highest BCUT2D eigenvalue weighted by Crippen LogP contribution is 2.17. The lowest BCUT2D eigenvalue weighted by Gasteiger charge is -2.23. The van der Waals surface area contributed by atoms with Crippen molar-refractivity contribution in [1.29, 1.82) is 0 Å². The Morgan fingerprint density at radius 1 is 1.00 bits per heavy atom. The first kappa shape index (κ1) is 19.8. The zero-order valence-corrected chi connectivity index (χ0v) is 16.2. The zero-order valence-electron chi connectivity index (χ0n) is 14.6. The van der Waals surface area contributed by atoms with Gasteiger partial charge >= 0.3 is 0 Å². The fraction of sp³-hybridized carbons (Fsp3) is 0.389. The number of pyridine rings is 1. The molecule has 0 atom stereocenters. The molecule has 136 valence electrons. The van der Waals surface area contributed by atoms with Crippen molar-refractivity contribution in [3.05, 3.63) is 59.4 Å². The highest BCUT2D eigenvalue weighted by atomic mass is 35.5. The van der Waals surface area contributed by atoms with Crippen LogP contribution in [0.2, 0.25) is 5.15 Å². The molecule has 0 aliphatic heterocycles. The average Bonchev–Trinajstić information content (AvgIpc) is 2.58. The second-order valence-corrected chi connectivity index (χ2v) is 8.44. The first-order chi connectivity index (χ1) is 11.9. The summed E-state index contributed by atoms with van der Waals surface area (Å²) in [5, 5.41) is 0.280. The van der Waals surface area contributed by atoms with Crippen LogP contribution in [0.5, 0.6) is 0 Å². The molecule has 0 aliphatic rings. The standard InChI is InChI=1S/C18H24ClN3O2S/c1-21(2)13-14-22(12-6-9-16-7-4-3-5-8-16)25(23,24)17-10-11-18(19)20-15-17/h3-5,7-8,10-11,15H,6,9,12-14H2,1-2H3. The van der Waals surface area contributed by atoms with Crippen molar-refractivity contribution in [2.24, 2.45) is 0 Å². The number of aromatic nitrogens is 1. The minimum Gasteiger partial charge on any atom is -0.308 e. The van der Waals surface area contributed by atoms with Crippen LogP contribution in [0.15, 0.2) is 53.6 Å². The Morgan fingerprint density at radius 2 is 1.72 bits per heavy atom. The second kappa shape index (κ2) is 9.29. The quantitative estimate of drug-likeness (QED) is 0.627. The first-order valence-corrected chi connectivity index (χ1v) is 10.0. The van der Waals surface area contributed by atoms with Crippen LogP contribution in [-0.4, -0.2) is 56.3 Å². The van der Waals surface area contributed by atoms with Gasteiger partial charge in [-0.25, -0.2) is 13.4 Å².